The van der Waals surface area contributed by atoms with Crippen molar-refractivity contribution >= 4 is 40.0 Å². The van der Waals surface area contributed by atoms with Crippen LogP contribution in [0, 0.1) is 6.92 Å². The number of thioether (sulfide) groups is 1. The van der Waals surface area contributed by atoms with E-state index in [2.05, 4.69) is 48.1 Å². The lowest BCUT2D eigenvalue weighted by molar-refractivity contribution is -0.113. The number of thiophene rings is 1. The number of hydrogen-bond donors (Lipinski definition) is 1. The molecule has 1 amide bonds. The number of esters is 1. The number of hydrogen-bond acceptors (Lipinski definition) is 7. The zero-order chi connectivity index (χ0) is 24.8. The van der Waals surface area contributed by atoms with E-state index in [-0.39, 0.29) is 11.7 Å². The first-order valence-electron chi connectivity index (χ1n) is 11.1. The van der Waals surface area contributed by atoms with Crippen LogP contribution in [0.15, 0.2) is 42.1 Å². The van der Waals surface area contributed by atoms with Crippen LogP contribution < -0.4 is 5.32 Å². The molecule has 0 spiro atoms. The summed E-state index contributed by atoms with van der Waals surface area (Å²) in [5.41, 5.74) is 3.55. The van der Waals surface area contributed by atoms with E-state index in [1.165, 1.54) is 35.8 Å². The average Bonchev–Trinajstić information content (AvgIpc) is 3.37. The van der Waals surface area contributed by atoms with Crippen LogP contribution in [0.1, 0.15) is 53.1 Å². The van der Waals surface area contributed by atoms with Gasteiger partial charge >= 0.3 is 5.97 Å². The van der Waals surface area contributed by atoms with E-state index in [1.54, 1.807) is 6.08 Å². The molecule has 0 aliphatic rings. The molecule has 2 aromatic heterocycles. The maximum atomic E-state index is 12.8. The van der Waals surface area contributed by atoms with Gasteiger partial charge in [-0.05, 0) is 30.4 Å². The third kappa shape index (κ3) is 5.59. The Morgan fingerprint density at radius 3 is 2.56 bits per heavy atom. The Morgan fingerprint density at radius 1 is 1.26 bits per heavy atom. The number of rotatable bonds is 10. The third-order valence-electron chi connectivity index (χ3n) is 5.40. The van der Waals surface area contributed by atoms with Gasteiger partial charge in [-0.3, -0.25) is 9.36 Å². The number of carbonyl (C=O) groups excluding carboxylic acids is 2. The van der Waals surface area contributed by atoms with Gasteiger partial charge in [0.05, 0.1) is 18.4 Å². The summed E-state index contributed by atoms with van der Waals surface area (Å²) in [6.45, 7) is 12.6. The van der Waals surface area contributed by atoms with E-state index in [9.17, 15) is 9.59 Å². The number of aryl methyl sites for hydroxylation is 1. The van der Waals surface area contributed by atoms with Crippen molar-refractivity contribution in [2.24, 2.45) is 0 Å². The first-order valence-corrected chi connectivity index (χ1v) is 12.9. The minimum atomic E-state index is -0.442. The van der Waals surface area contributed by atoms with Crippen LogP contribution in [-0.4, -0.2) is 39.5 Å². The van der Waals surface area contributed by atoms with Gasteiger partial charge in [0.15, 0.2) is 11.0 Å². The van der Waals surface area contributed by atoms with E-state index in [0.717, 1.165) is 21.8 Å². The number of nitrogens with zero attached hydrogens (tertiary/aromatic N) is 3. The normalized spacial score (nSPS) is 11.0. The Morgan fingerprint density at radius 2 is 1.97 bits per heavy atom. The molecule has 0 aliphatic carbocycles. The number of ether oxygens (including phenoxy) is 1. The summed E-state index contributed by atoms with van der Waals surface area (Å²) >= 11 is 2.68. The molecule has 1 N–H and O–H groups in total. The van der Waals surface area contributed by atoms with Crippen molar-refractivity contribution in [2.45, 2.75) is 51.7 Å². The largest absolute Gasteiger partial charge is 0.465 e. The number of methoxy groups -OCH3 is 1. The van der Waals surface area contributed by atoms with Crippen molar-refractivity contribution in [3.05, 3.63) is 58.5 Å². The molecule has 180 valence electrons. The van der Waals surface area contributed by atoms with E-state index >= 15 is 0 Å². The van der Waals surface area contributed by atoms with Crippen LogP contribution in [0.25, 0.3) is 11.4 Å². The molecule has 0 bridgehead atoms. The molecular weight excluding hydrogens is 468 g/mol. The first kappa shape index (κ1) is 25.7. The van der Waals surface area contributed by atoms with Gasteiger partial charge in [0.25, 0.3) is 0 Å². The molecule has 7 nitrogen and oxygen atoms in total. The van der Waals surface area contributed by atoms with Crippen molar-refractivity contribution in [3.63, 3.8) is 0 Å². The zero-order valence-corrected chi connectivity index (χ0v) is 21.8. The number of amides is 1. The minimum Gasteiger partial charge on any atom is -0.465 e. The van der Waals surface area contributed by atoms with Crippen LogP contribution in [0.2, 0.25) is 0 Å². The van der Waals surface area contributed by atoms with E-state index in [4.69, 9.17) is 4.74 Å². The molecule has 3 rings (SSSR count). The summed E-state index contributed by atoms with van der Waals surface area (Å²) in [7, 11) is 1.34. The standard InChI is InChI=1S/C25H30N4O3S2/c1-7-13-29-22(18-11-9-17(10-12-18)15(3)4)27-28-25(29)33-14-20(30)26-23-21(24(31)32-6)19(8-2)16(5)34-23/h7,9-12,15H,1,8,13-14H2,2-6H3,(H,26,30). The fraction of sp³-hybridized carbons (Fsp3) is 0.360. The molecular formula is C25H30N4O3S2. The lowest BCUT2D eigenvalue weighted by atomic mass is 10.0. The average molecular weight is 499 g/mol. The topological polar surface area (TPSA) is 86.1 Å². The lowest BCUT2D eigenvalue weighted by Gasteiger charge is -2.10. The summed E-state index contributed by atoms with van der Waals surface area (Å²) in [4.78, 5) is 26.0. The Kier molecular flexibility index (Phi) is 8.68. The van der Waals surface area contributed by atoms with Gasteiger partial charge in [-0.1, -0.05) is 62.9 Å². The van der Waals surface area contributed by atoms with Gasteiger partial charge in [-0.2, -0.15) is 0 Å². The predicted octanol–water partition coefficient (Wildman–Crippen LogP) is 5.70. The molecule has 2 heterocycles. The molecule has 9 heteroatoms. The highest BCUT2D eigenvalue weighted by molar-refractivity contribution is 7.99. The highest BCUT2D eigenvalue weighted by Gasteiger charge is 2.23. The third-order valence-corrected chi connectivity index (χ3v) is 7.43. The smallest absolute Gasteiger partial charge is 0.341 e. The van der Waals surface area contributed by atoms with Crippen LogP contribution in [-0.2, 0) is 22.5 Å². The highest BCUT2D eigenvalue weighted by Crippen LogP contribution is 2.34. The second-order valence-corrected chi connectivity index (χ2v) is 10.2. The summed E-state index contributed by atoms with van der Waals surface area (Å²) in [6.07, 6.45) is 2.46. The minimum absolute atomic E-state index is 0.126. The van der Waals surface area contributed by atoms with E-state index in [1.807, 2.05) is 30.5 Å². The highest BCUT2D eigenvalue weighted by atomic mass is 32.2. The van der Waals surface area contributed by atoms with Crippen LogP contribution in [0.5, 0.6) is 0 Å². The second kappa shape index (κ2) is 11.5. The molecule has 0 atom stereocenters. The van der Waals surface area contributed by atoms with E-state index in [0.29, 0.717) is 34.6 Å². The Bertz CT molecular complexity index is 1180. The maximum Gasteiger partial charge on any atom is 0.341 e. The quantitative estimate of drug-likeness (QED) is 0.219. The molecule has 0 aliphatic heterocycles. The maximum absolute atomic E-state index is 12.8. The second-order valence-electron chi connectivity index (χ2n) is 8.01. The van der Waals surface area contributed by atoms with Gasteiger partial charge in [0, 0.05) is 17.0 Å². The first-order chi connectivity index (χ1) is 16.3. The van der Waals surface area contributed by atoms with Crippen molar-refractivity contribution in [1.82, 2.24) is 14.8 Å². The van der Waals surface area contributed by atoms with Crippen LogP contribution in [0.3, 0.4) is 0 Å². The molecule has 1 aromatic carbocycles. The van der Waals surface area contributed by atoms with Gasteiger partial charge in [0.2, 0.25) is 5.91 Å². The fourth-order valence-corrected chi connectivity index (χ4v) is 5.52. The fourth-order valence-electron chi connectivity index (χ4n) is 3.62. The number of allylic oxidation sites excluding steroid dienone is 1. The van der Waals surface area contributed by atoms with Gasteiger partial charge in [0.1, 0.15) is 5.00 Å². The SMILES string of the molecule is C=CCn1c(SCC(=O)Nc2sc(C)c(CC)c2C(=O)OC)nnc1-c1ccc(C(C)C)cc1. The van der Waals surface area contributed by atoms with Crippen LogP contribution in [0.4, 0.5) is 5.00 Å². The summed E-state index contributed by atoms with van der Waals surface area (Å²) < 4.78 is 6.88. The van der Waals surface area contributed by atoms with Crippen LogP contribution >= 0.6 is 23.1 Å². The number of benzene rings is 1. The van der Waals surface area contributed by atoms with Crippen molar-refractivity contribution in [2.75, 3.05) is 18.2 Å². The number of carbonyl (C=O) groups is 2. The number of nitrogens with one attached hydrogen (secondary N) is 1. The number of aromatic nitrogens is 3. The Hall–Kier alpha value is -2.91. The predicted molar refractivity (Wildman–Crippen MR) is 139 cm³/mol. The van der Waals surface area contributed by atoms with Gasteiger partial charge in [-0.15, -0.1) is 28.1 Å². The van der Waals surface area contributed by atoms with Crippen molar-refractivity contribution in [3.8, 4) is 11.4 Å². The Balaban J connectivity index is 1.76. The molecule has 0 fully saturated rings. The molecule has 0 radical (unpaired) electrons. The molecule has 0 saturated heterocycles. The van der Waals surface area contributed by atoms with Crippen molar-refractivity contribution in [1.29, 1.82) is 0 Å². The van der Waals surface area contributed by atoms with E-state index < -0.39 is 5.97 Å². The van der Waals surface area contributed by atoms with Gasteiger partial charge in [-0.25, -0.2) is 4.79 Å². The monoisotopic (exact) mass is 498 g/mol. The molecule has 34 heavy (non-hydrogen) atoms. The zero-order valence-electron chi connectivity index (χ0n) is 20.2. The molecule has 3 aromatic rings. The summed E-state index contributed by atoms with van der Waals surface area (Å²) in [6, 6.07) is 8.27. The Labute approximate surface area is 208 Å². The molecule has 0 unspecified atom stereocenters. The molecule has 0 saturated carbocycles. The summed E-state index contributed by atoms with van der Waals surface area (Å²) in [5.74, 6) is 0.635. The van der Waals surface area contributed by atoms with Gasteiger partial charge < -0.3 is 10.1 Å². The number of anilines is 1. The van der Waals surface area contributed by atoms with Crippen molar-refractivity contribution < 1.29 is 14.3 Å². The summed E-state index contributed by atoms with van der Waals surface area (Å²) in [5, 5.41) is 12.7. The lowest BCUT2D eigenvalue weighted by Crippen LogP contribution is -2.16.